The van der Waals surface area contributed by atoms with E-state index in [4.69, 9.17) is 4.74 Å². The van der Waals surface area contributed by atoms with Crippen molar-refractivity contribution in [2.45, 2.75) is 63.1 Å². The number of carbonyl (C=O) groups is 3. The third-order valence-corrected chi connectivity index (χ3v) is 12.0. The molecule has 0 radical (unpaired) electrons. The summed E-state index contributed by atoms with van der Waals surface area (Å²) in [4.78, 5) is 46.2. The van der Waals surface area contributed by atoms with Gasteiger partial charge in [-0.05, 0) is 55.4 Å². The zero-order chi connectivity index (χ0) is 31.9. The molecule has 1 spiro atoms. The monoisotopic (exact) mass is 629 g/mol. The highest BCUT2D eigenvalue weighted by Crippen LogP contribution is 2.61. The molecule has 3 heterocycles. The van der Waals surface area contributed by atoms with Crippen LogP contribution < -0.4 is 9.80 Å². The van der Waals surface area contributed by atoms with Crippen LogP contribution >= 0.6 is 0 Å². The maximum atomic E-state index is 16.4. The van der Waals surface area contributed by atoms with Gasteiger partial charge in [-0.25, -0.2) is 0 Å². The summed E-state index contributed by atoms with van der Waals surface area (Å²) < 4.78 is 23.2. The Bertz CT molecular complexity index is 1580. The van der Waals surface area contributed by atoms with Gasteiger partial charge in [0.15, 0.2) is 5.60 Å². The minimum atomic E-state index is -3.52. The van der Waals surface area contributed by atoms with E-state index in [2.05, 4.69) is 0 Å². The lowest BCUT2D eigenvalue weighted by Gasteiger charge is -2.31. The maximum absolute atomic E-state index is 16.4. The third kappa shape index (κ3) is 5.49. The second-order valence-corrected chi connectivity index (χ2v) is 16.6. The van der Waals surface area contributed by atoms with Crippen LogP contribution in [0.3, 0.4) is 0 Å². The Balaban J connectivity index is 1.42. The van der Waals surface area contributed by atoms with Crippen LogP contribution in [0.15, 0.2) is 78.9 Å². The summed E-state index contributed by atoms with van der Waals surface area (Å²) in [5, 5.41) is 9.77. The summed E-state index contributed by atoms with van der Waals surface area (Å²) in [6.07, 6.45) is 0.235. The lowest BCUT2D eigenvalue weighted by atomic mass is 9.82. The van der Waals surface area contributed by atoms with Crippen molar-refractivity contribution >= 4 is 43.2 Å². The lowest BCUT2D eigenvalue weighted by Crippen LogP contribution is -2.44. The van der Waals surface area contributed by atoms with Gasteiger partial charge in [0.05, 0.1) is 24.8 Å². The summed E-state index contributed by atoms with van der Waals surface area (Å²) in [6.45, 7) is 5.88. The molecule has 3 aromatic rings. The summed E-state index contributed by atoms with van der Waals surface area (Å²) in [6, 6.07) is 24.3. The Morgan fingerprint density at radius 3 is 2.36 bits per heavy atom. The highest BCUT2D eigenvalue weighted by molar-refractivity contribution is 6.72. The largest absolute Gasteiger partial charge is 0.395 e. The molecule has 2 fully saturated rings. The van der Waals surface area contributed by atoms with E-state index in [-0.39, 0.29) is 37.3 Å². The number of ether oxygens (including phenoxy) is 1. The molecular weight excluding hydrogens is 589 g/mol. The first-order valence-electron chi connectivity index (χ1n) is 15.7. The van der Waals surface area contributed by atoms with Crippen LogP contribution in [0.25, 0.3) is 0 Å². The van der Waals surface area contributed by atoms with Crippen molar-refractivity contribution < 1.29 is 28.3 Å². The number of benzene rings is 3. The molecule has 1 N–H and O–H groups in total. The molecule has 10 heteroatoms. The molecular formula is C35H40FN3O5Si. The van der Waals surface area contributed by atoms with Gasteiger partial charge in [-0.3, -0.25) is 19.3 Å². The Morgan fingerprint density at radius 2 is 1.73 bits per heavy atom. The van der Waals surface area contributed by atoms with E-state index in [1.165, 1.54) is 0 Å². The molecule has 3 amide bonds. The van der Waals surface area contributed by atoms with Crippen molar-refractivity contribution in [3.8, 4) is 0 Å². The minimum absolute atomic E-state index is 0.0228. The standard InChI is InChI=1S/C35H40FN3O5Si/c1-24-33(45(2,3)36)30(22-32(42)37(19-20-40)23-25-11-6-4-7-12-25)44-35(24)28-21-27(38-18-10-15-31(38)41)16-17-29(28)39(34(35)43)26-13-8-5-9-14-26/h4-9,11-14,16-17,21,24,30,33,40H,10,15,18-20,22-23H2,1-3H3/t24-,30+,33-,35+/m0/s1. The van der Waals surface area contributed by atoms with Gasteiger partial charge in [0, 0.05) is 54.5 Å². The van der Waals surface area contributed by atoms with Crippen molar-refractivity contribution in [1.29, 1.82) is 0 Å². The number of hydrogen-bond donors (Lipinski definition) is 1. The fourth-order valence-electron chi connectivity index (χ4n) is 7.60. The van der Waals surface area contributed by atoms with Gasteiger partial charge in [0.1, 0.15) is 0 Å². The SMILES string of the molecule is C[C@H]1[C@H]([Si](C)(C)F)[C@@H](CC(=O)N(CCO)Cc2ccccc2)O[C@]12C(=O)N(c1ccccc1)c1ccc(N3CCCC3=O)cc12. The second kappa shape index (κ2) is 12.1. The van der Waals surface area contributed by atoms with Crippen molar-refractivity contribution in [3.05, 3.63) is 90.0 Å². The normalized spacial score (nSPS) is 24.5. The fourth-order valence-corrected chi connectivity index (χ4v) is 10.1. The average Bonchev–Trinajstić information content (AvgIpc) is 3.65. The molecule has 3 aromatic carbocycles. The number of rotatable bonds is 9. The number of anilines is 3. The third-order valence-electron chi connectivity index (χ3n) is 9.57. The number of aliphatic hydroxyl groups is 1. The van der Waals surface area contributed by atoms with Crippen LogP contribution in [0, 0.1) is 5.92 Å². The molecule has 0 bridgehead atoms. The molecule has 6 rings (SSSR count). The number of para-hydroxylation sites is 1. The Hall–Kier alpha value is -3.86. The van der Waals surface area contributed by atoms with E-state index < -0.39 is 31.6 Å². The quantitative estimate of drug-likeness (QED) is 0.243. The molecule has 0 saturated carbocycles. The van der Waals surface area contributed by atoms with Gasteiger partial charge in [-0.2, -0.15) is 0 Å². The number of halogens is 1. The number of aliphatic hydroxyl groups excluding tert-OH is 1. The fraction of sp³-hybridized carbons (Fsp3) is 0.400. The summed E-state index contributed by atoms with van der Waals surface area (Å²) in [5.41, 5.74) is 1.26. The molecule has 0 unspecified atom stereocenters. The summed E-state index contributed by atoms with van der Waals surface area (Å²) in [7, 11) is -3.52. The highest BCUT2D eigenvalue weighted by atomic mass is 28.4. The maximum Gasteiger partial charge on any atom is 0.268 e. The molecule has 0 aromatic heterocycles. The van der Waals surface area contributed by atoms with Crippen LogP contribution in [-0.4, -0.2) is 61.9 Å². The lowest BCUT2D eigenvalue weighted by molar-refractivity contribution is -0.149. The number of hydrogen-bond acceptors (Lipinski definition) is 5. The minimum Gasteiger partial charge on any atom is -0.395 e. The van der Waals surface area contributed by atoms with E-state index in [0.29, 0.717) is 42.1 Å². The van der Waals surface area contributed by atoms with E-state index in [1.807, 2.05) is 85.8 Å². The Morgan fingerprint density at radius 1 is 1.04 bits per heavy atom. The number of amides is 3. The molecule has 2 saturated heterocycles. The predicted molar refractivity (Wildman–Crippen MR) is 173 cm³/mol. The Labute approximate surface area is 264 Å². The first-order chi connectivity index (χ1) is 21.6. The van der Waals surface area contributed by atoms with Gasteiger partial charge in [0.25, 0.3) is 5.91 Å². The number of carbonyl (C=O) groups excluding carboxylic acids is 3. The number of fused-ring (bicyclic) bond motifs is 2. The van der Waals surface area contributed by atoms with Crippen LogP contribution in [0.1, 0.15) is 37.3 Å². The van der Waals surface area contributed by atoms with Gasteiger partial charge in [0.2, 0.25) is 20.2 Å². The summed E-state index contributed by atoms with van der Waals surface area (Å²) in [5.74, 6) is -1.16. The van der Waals surface area contributed by atoms with Crippen LogP contribution in [0.4, 0.5) is 21.2 Å². The molecule has 45 heavy (non-hydrogen) atoms. The second-order valence-electron chi connectivity index (χ2n) is 12.8. The molecule has 3 aliphatic rings. The summed E-state index contributed by atoms with van der Waals surface area (Å²) >= 11 is 0. The highest BCUT2D eigenvalue weighted by Gasteiger charge is 2.67. The zero-order valence-electron chi connectivity index (χ0n) is 26.0. The van der Waals surface area contributed by atoms with Crippen molar-refractivity contribution in [2.24, 2.45) is 5.92 Å². The van der Waals surface area contributed by atoms with Crippen molar-refractivity contribution in [2.75, 3.05) is 29.5 Å². The van der Waals surface area contributed by atoms with Crippen molar-refractivity contribution in [1.82, 2.24) is 4.90 Å². The van der Waals surface area contributed by atoms with Crippen LogP contribution in [-0.2, 0) is 31.3 Å². The smallest absolute Gasteiger partial charge is 0.268 e. The van der Waals surface area contributed by atoms with E-state index in [1.54, 1.807) is 27.8 Å². The topological polar surface area (TPSA) is 90.4 Å². The number of nitrogens with zero attached hydrogens (tertiary/aromatic N) is 3. The molecule has 3 aliphatic heterocycles. The van der Waals surface area contributed by atoms with E-state index in [0.717, 1.165) is 12.0 Å². The molecule has 0 aliphatic carbocycles. The van der Waals surface area contributed by atoms with Gasteiger partial charge < -0.3 is 23.8 Å². The van der Waals surface area contributed by atoms with Crippen LogP contribution in [0.5, 0.6) is 0 Å². The molecule has 4 atom stereocenters. The van der Waals surface area contributed by atoms with E-state index in [9.17, 15) is 19.5 Å². The Kier molecular flexibility index (Phi) is 8.40. The van der Waals surface area contributed by atoms with Crippen molar-refractivity contribution in [3.63, 3.8) is 0 Å². The van der Waals surface area contributed by atoms with Gasteiger partial charge >= 0.3 is 0 Å². The first kappa shape index (κ1) is 31.1. The predicted octanol–water partition coefficient (Wildman–Crippen LogP) is 5.68. The van der Waals surface area contributed by atoms with Gasteiger partial charge in [-0.15, -0.1) is 0 Å². The zero-order valence-corrected chi connectivity index (χ0v) is 27.0. The molecule has 236 valence electrons. The van der Waals surface area contributed by atoms with E-state index >= 15 is 4.11 Å². The van der Waals surface area contributed by atoms with Crippen LogP contribution in [0.2, 0.25) is 18.6 Å². The first-order valence-corrected chi connectivity index (χ1v) is 18.7. The van der Waals surface area contributed by atoms with Gasteiger partial charge in [-0.1, -0.05) is 55.5 Å². The average molecular weight is 630 g/mol. The molecule has 8 nitrogen and oxygen atoms in total.